The van der Waals surface area contributed by atoms with Gasteiger partial charge in [-0.1, -0.05) is 18.2 Å². The smallest absolute Gasteiger partial charge is 0.263 e. The second-order valence-electron chi connectivity index (χ2n) is 6.58. The van der Waals surface area contributed by atoms with Crippen molar-refractivity contribution in [3.05, 3.63) is 68.7 Å². The van der Waals surface area contributed by atoms with Crippen LogP contribution in [0.1, 0.15) is 25.2 Å². The highest BCUT2D eigenvalue weighted by Gasteiger charge is 2.23. The third-order valence-corrected chi connectivity index (χ3v) is 5.05. The molecule has 146 valence electrons. The summed E-state index contributed by atoms with van der Waals surface area (Å²) < 4.78 is 6.65. The van der Waals surface area contributed by atoms with E-state index in [1.165, 1.54) is 0 Å². The van der Waals surface area contributed by atoms with Crippen LogP contribution in [-0.4, -0.2) is 33.4 Å². The Morgan fingerprint density at radius 2 is 2.04 bits per heavy atom. The molecular weight excluding hydrogens is 422 g/mol. The van der Waals surface area contributed by atoms with Crippen LogP contribution in [0.3, 0.4) is 0 Å². The van der Waals surface area contributed by atoms with E-state index >= 15 is 0 Å². The van der Waals surface area contributed by atoms with Crippen LogP contribution in [0.2, 0.25) is 0 Å². The number of aromatic amines is 1. The molecule has 1 amide bonds. The topological polar surface area (TPSA) is 75.3 Å². The number of carbonyl (C=O) groups excluding carboxylic acids is 1. The molecule has 0 radical (unpaired) electrons. The Hall–Kier alpha value is -2.67. The maximum Gasteiger partial charge on any atom is 0.263 e. The van der Waals surface area contributed by atoms with Crippen molar-refractivity contribution in [3.63, 3.8) is 0 Å². The van der Waals surface area contributed by atoms with Gasteiger partial charge < -0.3 is 14.6 Å². The van der Waals surface area contributed by atoms with Crippen molar-refractivity contribution in [2.24, 2.45) is 0 Å². The molecule has 7 heteroatoms. The molecule has 2 aromatic carbocycles. The summed E-state index contributed by atoms with van der Waals surface area (Å²) in [7, 11) is 0. The molecule has 1 aromatic heterocycles. The fourth-order valence-electron chi connectivity index (χ4n) is 2.94. The maximum atomic E-state index is 12.9. The van der Waals surface area contributed by atoms with E-state index in [1.807, 2.05) is 38.1 Å². The van der Waals surface area contributed by atoms with Crippen molar-refractivity contribution in [2.45, 2.75) is 33.4 Å². The lowest BCUT2D eigenvalue weighted by molar-refractivity contribution is -0.138. The molecule has 0 aliphatic carbocycles. The third kappa shape index (κ3) is 4.42. The minimum Gasteiger partial charge on any atom is -0.480 e. The highest BCUT2D eigenvalue weighted by atomic mass is 79.9. The van der Waals surface area contributed by atoms with Gasteiger partial charge in [0, 0.05) is 6.54 Å². The Kier molecular flexibility index (Phi) is 6.14. The Balaban J connectivity index is 1.77. The van der Waals surface area contributed by atoms with Crippen molar-refractivity contribution in [2.75, 3.05) is 6.54 Å². The van der Waals surface area contributed by atoms with Gasteiger partial charge in [0.25, 0.3) is 11.5 Å². The molecule has 0 saturated heterocycles. The molecule has 28 heavy (non-hydrogen) atoms. The van der Waals surface area contributed by atoms with Crippen molar-refractivity contribution < 1.29 is 9.53 Å². The third-order valence-electron chi connectivity index (χ3n) is 4.43. The van der Waals surface area contributed by atoms with Gasteiger partial charge in [0.15, 0.2) is 6.10 Å². The fraction of sp³-hybridized carbons (Fsp3) is 0.286. The van der Waals surface area contributed by atoms with E-state index in [-0.39, 0.29) is 18.0 Å². The largest absolute Gasteiger partial charge is 0.480 e. The number of aryl methyl sites for hydroxylation is 1. The van der Waals surface area contributed by atoms with Gasteiger partial charge >= 0.3 is 0 Å². The Labute approximate surface area is 171 Å². The van der Waals surface area contributed by atoms with Crippen molar-refractivity contribution in [1.82, 2.24) is 14.9 Å². The second kappa shape index (κ2) is 8.56. The predicted molar refractivity (Wildman–Crippen MR) is 112 cm³/mol. The van der Waals surface area contributed by atoms with E-state index in [0.29, 0.717) is 29.0 Å². The Bertz CT molecular complexity index is 1060. The molecule has 1 heterocycles. The van der Waals surface area contributed by atoms with Crippen LogP contribution >= 0.6 is 15.9 Å². The standard InChI is InChI=1S/C21H22BrN3O3/c1-4-25(12-19-23-17-8-6-5-7-15(17)20(26)24-19)21(27)14(3)28-18-10-9-13(2)11-16(18)22/h5-11,14H,4,12H2,1-3H3,(H,23,24,26). The van der Waals surface area contributed by atoms with Gasteiger partial charge in [-0.3, -0.25) is 9.59 Å². The molecule has 0 saturated carbocycles. The van der Waals surface area contributed by atoms with Crippen LogP contribution in [0.15, 0.2) is 51.7 Å². The number of hydrogen-bond donors (Lipinski definition) is 1. The number of carbonyl (C=O) groups is 1. The summed E-state index contributed by atoms with van der Waals surface area (Å²) in [4.78, 5) is 34.0. The number of H-pyrrole nitrogens is 1. The fourth-order valence-corrected chi connectivity index (χ4v) is 3.52. The van der Waals surface area contributed by atoms with Crippen LogP contribution in [-0.2, 0) is 11.3 Å². The summed E-state index contributed by atoms with van der Waals surface area (Å²) in [5, 5.41) is 0.529. The summed E-state index contributed by atoms with van der Waals surface area (Å²) in [5.41, 5.74) is 1.49. The maximum absolute atomic E-state index is 12.9. The van der Waals surface area contributed by atoms with Crippen LogP contribution in [0.4, 0.5) is 0 Å². The Morgan fingerprint density at radius 1 is 1.29 bits per heavy atom. The second-order valence-corrected chi connectivity index (χ2v) is 7.43. The minimum atomic E-state index is -0.675. The number of hydrogen-bond acceptors (Lipinski definition) is 4. The highest BCUT2D eigenvalue weighted by Crippen LogP contribution is 2.27. The van der Waals surface area contributed by atoms with Gasteiger partial charge in [-0.15, -0.1) is 0 Å². The molecule has 6 nitrogen and oxygen atoms in total. The van der Waals surface area contributed by atoms with Crippen molar-refractivity contribution >= 4 is 32.7 Å². The van der Waals surface area contributed by atoms with Crippen LogP contribution in [0, 0.1) is 6.92 Å². The van der Waals surface area contributed by atoms with E-state index in [4.69, 9.17) is 4.74 Å². The molecule has 0 spiro atoms. The summed E-state index contributed by atoms with van der Waals surface area (Å²) in [5.74, 6) is 0.883. The molecule has 1 N–H and O–H groups in total. The number of benzene rings is 2. The number of nitrogens with zero attached hydrogens (tertiary/aromatic N) is 2. The lowest BCUT2D eigenvalue weighted by Gasteiger charge is -2.25. The number of nitrogens with one attached hydrogen (secondary N) is 1. The molecule has 0 aliphatic heterocycles. The normalized spacial score (nSPS) is 12.0. The van der Waals surface area contributed by atoms with Gasteiger partial charge in [-0.05, 0) is 66.5 Å². The van der Waals surface area contributed by atoms with Gasteiger partial charge in [-0.25, -0.2) is 4.98 Å². The van der Waals surface area contributed by atoms with E-state index in [2.05, 4.69) is 25.9 Å². The highest BCUT2D eigenvalue weighted by molar-refractivity contribution is 9.10. The van der Waals surface area contributed by atoms with Crippen LogP contribution < -0.4 is 10.3 Å². The summed E-state index contributed by atoms with van der Waals surface area (Å²) in [6.45, 7) is 6.26. The van der Waals surface area contributed by atoms with E-state index in [9.17, 15) is 9.59 Å². The van der Waals surface area contributed by atoms with Crippen LogP contribution in [0.25, 0.3) is 10.9 Å². The van der Waals surface area contributed by atoms with Crippen molar-refractivity contribution in [1.29, 1.82) is 0 Å². The monoisotopic (exact) mass is 443 g/mol. The van der Waals surface area contributed by atoms with E-state index < -0.39 is 6.10 Å². The zero-order chi connectivity index (χ0) is 20.3. The average Bonchev–Trinajstić information content (AvgIpc) is 2.67. The zero-order valence-corrected chi connectivity index (χ0v) is 17.6. The van der Waals surface area contributed by atoms with Gasteiger partial charge in [0.1, 0.15) is 11.6 Å². The number of fused-ring (bicyclic) bond motifs is 1. The van der Waals surface area contributed by atoms with Gasteiger partial charge in [0.2, 0.25) is 0 Å². The van der Waals surface area contributed by atoms with E-state index in [0.717, 1.165) is 10.0 Å². The number of amides is 1. The number of likely N-dealkylation sites (N-methyl/N-ethyl adjacent to an activating group) is 1. The first-order chi connectivity index (χ1) is 13.4. The minimum absolute atomic E-state index is 0.175. The van der Waals surface area contributed by atoms with Crippen molar-refractivity contribution in [3.8, 4) is 5.75 Å². The number of rotatable bonds is 6. The summed E-state index contributed by atoms with van der Waals surface area (Å²) in [6.07, 6.45) is -0.675. The number of halogens is 1. The number of ether oxygens (including phenoxy) is 1. The lowest BCUT2D eigenvalue weighted by Crippen LogP contribution is -2.40. The first-order valence-corrected chi connectivity index (χ1v) is 9.88. The number of aromatic nitrogens is 2. The quantitative estimate of drug-likeness (QED) is 0.628. The molecule has 0 aliphatic rings. The molecular formula is C21H22BrN3O3. The molecule has 1 unspecified atom stereocenters. The van der Waals surface area contributed by atoms with Gasteiger partial charge in [-0.2, -0.15) is 0 Å². The molecule has 0 bridgehead atoms. The van der Waals surface area contributed by atoms with Gasteiger partial charge in [0.05, 0.1) is 21.9 Å². The first kappa shape index (κ1) is 20.1. The zero-order valence-electron chi connectivity index (χ0n) is 16.0. The summed E-state index contributed by atoms with van der Waals surface area (Å²) in [6, 6.07) is 12.8. The first-order valence-electron chi connectivity index (χ1n) is 9.08. The average molecular weight is 444 g/mol. The van der Waals surface area contributed by atoms with E-state index in [1.54, 1.807) is 30.0 Å². The number of para-hydroxylation sites is 1. The SMILES string of the molecule is CCN(Cc1nc2ccccc2c(=O)[nH]1)C(=O)C(C)Oc1ccc(C)cc1Br. The lowest BCUT2D eigenvalue weighted by atomic mass is 10.2. The molecule has 3 rings (SSSR count). The predicted octanol–water partition coefficient (Wildman–Crippen LogP) is 3.81. The summed E-state index contributed by atoms with van der Waals surface area (Å²) >= 11 is 3.46. The molecule has 1 atom stereocenters. The molecule has 3 aromatic rings. The van der Waals surface area contributed by atoms with Crippen LogP contribution in [0.5, 0.6) is 5.75 Å². The Morgan fingerprint density at radius 3 is 2.75 bits per heavy atom. The molecule has 0 fully saturated rings.